The highest BCUT2D eigenvalue weighted by Gasteiger charge is 2.05. The van der Waals surface area contributed by atoms with Crippen LogP contribution in [-0.4, -0.2) is 26.5 Å². The zero-order valence-electron chi connectivity index (χ0n) is 10.2. The monoisotopic (exact) mass is 245 g/mol. The Morgan fingerprint density at radius 2 is 2.17 bits per heavy atom. The number of H-pyrrole nitrogens is 1. The Morgan fingerprint density at radius 1 is 1.28 bits per heavy atom. The smallest absolute Gasteiger partial charge is 0.255 e. The van der Waals surface area contributed by atoms with Gasteiger partial charge in [-0.05, 0) is 13.0 Å². The van der Waals surface area contributed by atoms with Crippen molar-refractivity contribution in [3.05, 3.63) is 40.7 Å². The maximum atomic E-state index is 11.8. The van der Waals surface area contributed by atoms with Gasteiger partial charge in [-0.25, -0.2) is 9.97 Å². The van der Waals surface area contributed by atoms with Crippen LogP contribution in [0.2, 0.25) is 0 Å². The predicted octanol–water partition coefficient (Wildman–Crippen LogP) is 0.726. The molecular formula is C12H15N5O. The largest absolute Gasteiger partial charge is 0.312 e. The molecule has 0 bridgehead atoms. The van der Waals surface area contributed by atoms with Gasteiger partial charge in [0, 0.05) is 30.7 Å². The minimum atomic E-state index is -0.144. The van der Waals surface area contributed by atoms with Crippen LogP contribution in [-0.2, 0) is 6.54 Å². The molecule has 2 heterocycles. The van der Waals surface area contributed by atoms with Crippen LogP contribution in [0, 0.1) is 0 Å². The number of aromatic amines is 1. The van der Waals surface area contributed by atoms with Crippen LogP contribution >= 0.6 is 0 Å². The van der Waals surface area contributed by atoms with Crippen LogP contribution in [0.5, 0.6) is 0 Å². The summed E-state index contributed by atoms with van der Waals surface area (Å²) in [5, 5.41) is 3.16. The molecule has 18 heavy (non-hydrogen) atoms. The van der Waals surface area contributed by atoms with E-state index in [0.717, 1.165) is 13.0 Å². The lowest BCUT2D eigenvalue weighted by Crippen LogP contribution is -2.22. The fourth-order valence-corrected chi connectivity index (χ4v) is 1.50. The number of nitrogens with one attached hydrogen (secondary N) is 2. The van der Waals surface area contributed by atoms with E-state index in [1.165, 1.54) is 0 Å². The third kappa shape index (κ3) is 2.98. The number of aromatic nitrogens is 4. The van der Waals surface area contributed by atoms with E-state index >= 15 is 0 Å². The molecule has 0 unspecified atom stereocenters. The van der Waals surface area contributed by atoms with Crippen molar-refractivity contribution >= 4 is 0 Å². The highest BCUT2D eigenvalue weighted by atomic mass is 16.1. The van der Waals surface area contributed by atoms with Gasteiger partial charge in [-0.15, -0.1) is 0 Å². The van der Waals surface area contributed by atoms with Crippen LogP contribution in [0.4, 0.5) is 0 Å². The molecule has 0 saturated heterocycles. The molecule has 0 atom stereocenters. The Labute approximate surface area is 105 Å². The second kappa shape index (κ2) is 6.02. The van der Waals surface area contributed by atoms with Gasteiger partial charge in [0.05, 0.1) is 6.20 Å². The van der Waals surface area contributed by atoms with E-state index in [0.29, 0.717) is 23.6 Å². The van der Waals surface area contributed by atoms with Crippen LogP contribution in [0.15, 0.2) is 29.6 Å². The third-order valence-electron chi connectivity index (χ3n) is 2.42. The molecule has 0 spiro atoms. The topological polar surface area (TPSA) is 83.6 Å². The van der Waals surface area contributed by atoms with E-state index in [1.54, 1.807) is 24.8 Å². The Bertz CT molecular complexity index is 552. The molecule has 94 valence electrons. The molecule has 0 radical (unpaired) electrons. The maximum Gasteiger partial charge on any atom is 0.255 e. The highest BCUT2D eigenvalue weighted by Crippen LogP contribution is 2.06. The van der Waals surface area contributed by atoms with Gasteiger partial charge in [-0.3, -0.25) is 9.78 Å². The van der Waals surface area contributed by atoms with Gasteiger partial charge in [-0.2, -0.15) is 0 Å². The number of nitrogens with zero attached hydrogens (tertiary/aromatic N) is 3. The molecule has 0 fully saturated rings. The Morgan fingerprint density at radius 3 is 2.83 bits per heavy atom. The highest BCUT2D eigenvalue weighted by molar-refractivity contribution is 5.46. The molecule has 0 amide bonds. The SMILES string of the molecule is CCCNCc1cnc(-c2cnccn2)[nH]c1=O. The average molecular weight is 245 g/mol. The lowest BCUT2D eigenvalue weighted by molar-refractivity contribution is 0.668. The second-order valence-corrected chi connectivity index (χ2v) is 3.85. The summed E-state index contributed by atoms with van der Waals surface area (Å²) in [6.07, 6.45) is 7.30. The van der Waals surface area contributed by atoms with Crippen LogP contribution < -0.4 is 10.9 Å². The van der Waals surface area contributed by atoms with Gasteiger partial charge in [0.2, 0.25) is 0 Å². The molecule has 0 aliphatic rings. The van der Waals surface area contributed by atoms with Crippen molar-refractivity contribution in [2.45, 2.75) is 19.9 Å². The van der Waals surface area contributed by atoms with Gasteiger partial charge in [0.15, 0.2) is 5.82 Å². The lowest BCUT2D eigenvalue weighted by Gasteiger charge is -2.03. The van der Waals surface area contributed by atoms with Crippen LogP contribution in [0.1, 0.15) is 18.9 Å². The standard InChI is InChI=1S/C12H15N5O/c1-2-3-13-6-9-7-16-11(17-12(9)18)10-8-14-4-5-15-10/h4-5,7-8,13H,2-3,6H2,1H3,(H,16,17,18). The molecular weight excluding hydrogens is 230 g/mol. The Kier molecular flexibility index (Phi) is 4.14. The van der Waals surface area contributed by atoms with Crippen LogP contribution in [0.25, 0.3) is 11.5 Å². The molecule has 6 heteroatoms. The van der Waals surface area contributed by atoms with E-state index < -0.39 is 0 Å². The molecule has 0 aliphatic carbocycles. The summed E-state index contributed by atoms with van der Waals surface area (Å²) in [5.74, 6) is 0.437. The van der Waals surface area contributed by atoms with Gasteiger partial charge in [0.1, 0.15) is 5.69 Å². The number of hydrogen-bond donors (Lipinski definition) is 2. The van der Waals surface area contributed by atoms with Crippen molar-refractivity contribution in [2.24, 2.45) is 0 Å². The second-order valence-electron chi connectivity index (χ2n) is 3.85. The quantitative estimate of drug-likeness (QED) is 0.758. The maximum absolute atomic E-state index is 11.8. The zero-order chi connectivity index (χ0) is 12.8. The summed E-state index contributed by atoms with van der Waals surface area (Å²) < 4.78 is 0. The van der Waals surface area contributed by atoms with Crippen molar-refractivity contribution in [2.75, 3.05) is 6.54 Å². The summed E-state index contributed by atoms with van der Waals surface area (Å²) in [6.45, 7) is 3.48. The van der Waals surface area contributed by atoms with Gasteiger partial charge < -0.3 is 10.3 Å². The lowest BCUT2D eigenvalue weighted by atomic mass is 10.3. The van der Waals surface area contributed by atoms with Gasteiger partial charge in [-0.1, -0.05) is 6.92 Å². The minimum Gasteiger partial charge on any atom is -0.312 e. The van der Waals surface area contributed by atoms with Crippen molar-refractivity contribution < 1.29 is 0 Å². The first-order chi connectivity index (χ1) is 8.81. The number of hydrogen-bond acceptors (Lipinski definition) is 5. The van der Waals surface area contributed by atoms with Gasteiger partial charge in [0.25, 0.3) is 5.56 Å². The summed E-state index contributed by atoms with van der Waals surface area (Å²) in [6, 6.07) is 0. The van der Waals surface area contributed by atoms with Crippen LogP contribution in [0.3, 0.4) is 0 Å². The minimum absolute atomic E-state index is 0.144. The zero-order valence-corrected chi connectivity index (χ0v) is 10.2. The first-order valence-electron chi connectivity index (χ1n) is 5.86. The van der Waals surface area contributed by atoms with Crippen molar-refractivity contribution in [3.63, 3.8) is 0 Å². The third-order valence-corrected chi connectivity index (χ3v) is 2.42. The summed E-state index contributed by atoms with van der Waals surface area (Å²) in [4.78, 5) is 26.7. The van der Waals surface area contributed by atoms with E-state index in [2.05, 4.69) is 32.2 Å². The molecule has 0 saturated carbocycles. The fourth-order valence-electron chi connectivity index (χ4n) is 1.50. The average Bonchev–Trinajstić information content (AvgIpc) is 2.42. The van der Waals surface area contributed by atoms with E-state index in [-0.39, 0.29) is 5.56 Å². The first-order valence-corrected chi connectivity index (χ1v) is 5.86. The number of rotatable bonds is 5. The van der Waals surface area contributed by atoms with Crippen molar-refractivity contribution in [1.82, 2.24) is 25.3 Å². The molecule has 2 aromatic rings. The van der Waals surface area contributed by atoms with E-state index in [9.17, 15) is 4.79 Å². The predicted molar refractivity (Wildman–Crippen MR) is 67.9 cm³/mol. The molecule has 2 rings (SSSR count). The van der Waals surface area contributed by atoms with Crippen molar-refractivity contribution in [1.29, 1.82) is 0 Å². The fraction of sp³-hybridized carbons (Fsp3) is 0.333. The normalized spacial score (nSPS) is 10.5. The van der Waals surface area contributed by atoms with E-state index in [4.69, 9.17) is 0 Å². The van der Waals surface area contributed by atoms with E-state index in [1.807, 2.05) is 0 Å². The summed E-state index contributed by atoms with van der Waals surface area (Å²) in [5.41, 5.74) is 1.04. The summed E-state index contributed by atoms with van der Waals surface area (Å²) in [7, 11) is 0. The molecule has 2 aromatic heterocycles. The van der Waals surface area contributed by atoms with Gasteiger partial charge >= 0.3 is 0 Å². The first kappa shape index (κ1) is 12.4. The van der Waals surface area contributed by atoms with Crippen molar-refractivity contribution in [3.8, 4) is 11.5 Å². The Hall–Kier alpha value is -2.08. The molecule has 0 aliphatic heterocycles. The molecule has 6 nitrogen and oxygen atoms in total. The summed E-state index contributed by atoms with van der Waals surface area (Å²) >= 11 is 0. The molecule has 0 aromatic carbocycles. The Balaban J connectivity index is 2.18. The molecule has 2 N–H and O–H groups in total.